The summed E-state index contributed by atoms with van der Waals surface area (Å²) in [5.41, 5.74) is 10.1. The van der Waals surface area contributed by atoms with E-state index in [1.54, 1.807) is 6.20 Å². The molecule has 188 valence electrons. The standard InChI is InChI=1S/C10H14IN3O3.C9H12IN3O4/c1-2-7-6(15)3-8(17-7)14-4-5(11)9(12)13-10(14)16;10-4-2-13(9(16)12-8(4)11)7-1-5(15)6(3-14)17-7/h4,6-8,15H,2-3H2,1H3,(H2,12,13,16);2,5-7,14-15H,1,3H2,(H2,11,12,16)/t6?,7-,8-;5?,6-,7-/m11/s1. The summed E-state index contributed by atoms with van der Waals surface area (Å²) < 4.78 is 15.0. The Hall–Kier alpha value is -1.38. The van der Waals surface area contributed by atoms with E-state index in [4.69, 9.17) is 26.0 Å². The fourth-order valence-corrected chi connectivity index (χ4v) is 4.47. The molecule has 34 heavy (non-hydrogen) atoms. The van der Waals surface area contributed by atoms with E-state index in [0.717, 1.165) is 0 Å². The van der Waals surface area contributed by atoms with E-state index in [-0.39, 0.29) is 30.8 Å². The predicted octanol–water partition coefficient (Wildman–Crippen LogP) is -0.441. The number of aliphatic hydroxyl groups is 3. The molecule has 0 spiro atoms. The Morgan fingerprint density at radius 3 is 1.71 bits per heavy atom. The third-order valence-corrected chi connectivity index (χ3v) is 7.14. The van der Waals surface area contributed by atoms with Crippen LogP contribution in [-0.2, 0) is 9.47 Å². The minimum Gasteiger partial charge on any atom is -0.394 e. The number of aliphatic hydroxyl groups excluding tert-OH is 3. The Labute approximate surface area is 221 Å². The zero-order valence-electron chi connectivity index (χ0n) is 18.1. The number of nitrogens with two attached hydrogens (primary N) is 2. The second-order valence-electron chi connectivity index (χ2n) is 7.78. The van der Waals surface area contributed by atoms with Gasteiger partial charge in [-0.1, -0.05) is 6.92 Å². The summed E-state index contributed by atoms with van der Waals surface area (Å²) in [5, 5.41) is 28.3. The highest BCUT2D eigenvalue weighted by atomic mass is 127. The van der Waals surface area contributed by atoms with Gasteiger partial charge < -0.3 is 36.3 Å². The number of hydrogen-bond acceptors (Lipinski definition) is 11. The van der Waals surface area contributed by atoms with Crippen molar-refractivity contribution in [3.63, 3.8) is 0 Å². The molecule has 2 saturated heterocycles. The van der Waals surface area contributed by atoms with E-state index < -0.39 is 42.1 Å². The van der Waals surface area contributed by atoms with Crippen LogP contribution in [0.4, 0.5) is 11.6 Å². The lowest BCUT2D eigenvalue weighted by molar-refractivity contribution is -0.0459. The van der Waals surface area contributed by atoms with Gasteiger partial charge in [-0.15, -0.1) is 0 Å². The molecule has 2 unspecified atom stereocenters. The van der Waals surface area contributed by atoms with Gasteiger partial charge in [-0.05, 0) is 51.6 Å². The quantitative estimate of drug-likeness (QED) is 0.259. The molecular weight excluding hydrogens is 678 g/mol. The minimum atomic E-state index is -0.785. The smallest absolute Gasteiger partial charge is 0.351 e. The van der Waals surface area contributed by atoms with E-state index in [1.165, 1.54) is 15.3 Å². The van der Waals surface area contributed by atoms with Crippen LogP contribution in [0.5, 0.6) is 0 Å². The molecule has 7 N–H and O–H groups in total. The minimum absolute atomic E-state index is 0.170. The number of anilines is 2. The van der Waals surface area contributed by atoms with E-state index in [0.29, 0.717) is 20.0 Å². The average molecular weight is 704 g/mol. The predicted molar refractivity (Wildman–Crippen MR) is 138 cm³/mol. The van der Waals surface area contributed by atoms with Crippen molar-refractivity contribution in [3.8, 4) is 0 Å². The zero-order chi connectivity index (χ0) is 25.2. The normalized spacial score (nSPS) is 28.5. The van der Waals surface area contributed by atoms with Crippen LogP contribution in [-0.4, -0.2) is 65.4 Å². The number of halogens is 2. The summed E-state index contributed by atoms with van der Waals surface area (Å²) >= 11 is 3.97. The Balaban J connectivity index is 0.000000191. The first-order valence-electron chi connectivity index (χ1n) is 10.4. The van der Waals surface area contributed by atoms with Crippen molar-refractivity contribution < 1.29 is 24.8 Å². The molecule has 13 nitrogen and oxygen atoms in total. The van der Waals surface area contributed by atoms with Crippen molar-refractivity contribution >= 4 is 56.8 Å². The van der Waals surface area contributed by atoms with Crippen LogP contribution in [0.15, 0.2) is 22.0 Å². The van der Waals surface area contributed by atoms with Crippen LogP contribution >= 0.6 is 45.2 Å². The van der Waals surface area contributed by atoms with E-state index in [9.17, 15) is 19.8 Å². The molecule has 2 aromatic rings. The van der Waals surface area contributed by atoms with Crippen molar-refractivity contribution in [2.45, 2.75) is 63.1 Å². The van der Waals surface area contributed by atoms with Gasteiger partial charge in [0.05, 0.1) is 32.1 Å². The number of rotatable bonds is 4. The molecule has 4 rings (SSSR count). The van der Waals surface area contributed by atoms with Gasteiger partial charge in [0.1, 0.15) is 30.2 Å². The summed E-state index contributed by atoms with van der Waals surface area (Å²) in [7, 11) is 0. The van der Waals surface area contributed by atoms with Crippen LogP contribution in [0, 0.1) is 7.14 Å². The van der Waals surface area contributed by atoms with Crippen LogP contribution in [0.25, 0.3) is 0 Å². The SMILES string of the molecule is CC[C@H]1O[C@@H](n2cc(I)c(N)nc2=O)CC1O.Nc1nc(=O)n([C@H]2CC(O)[C@@H](CO)O2)cc1I. The molecule has 2 aliphatic rings. The van der Waals surface area contributed by atoms with Crippen molar-refractivity contribution in [1.29, 1.82) is 0 Å². The molecule has 15 heteroatoms. The largest absolute Gasteiger partial charge is 0.394 e. The Morgan fingerprint density at radius 1 is 0.941 bits per heavy atom. The van der Waals surface area contributed by atoms with E-state index in [2.05, 4.69) is 9.97 Å². The van der Waals surface area contributed by atoms with Gasteiger partial charge in [0.15, 0.2) is 0 Å². The van der Waals surface area contributed by atoms with Gasteiger partial charge in [-0.25, -0.2) is 9.59 Å². The lowest BCUT2D eigenvalue weighted by atomic mass is 10.1. The van der Waals surface area contributed by atoms with Crippen LogP contribution < -0.4 is 22.8 Å². The Morgan fingerprint density at radius 2 is 1.35 bits per heavy atom. The first-order chi connectivity index (χ1) is 16.0. The summed E-state index contributed by atoms with van der Waals surface area (Å²) in [4.78, 5) is 30.7. The van der Waals surface area contributed by atoms with Gasteiger partial charge >= 0.3 is 11.4 Å². The van der Waals surface area contributed by atoms with E-state index >= 15 is 0 Å². The topological polar surface area (TPSA) is 201 Å². The van der Waals surface area contributed by atoms with Gasteiger partial charge in [-0.2, -0.15) is 9.97 Å². The van der Waals surface area contributed by atoms with Gasteiger partial charge in [-0.3, -0.25) is 9.13 Å². The summed E-state index contributed by atoms with van der Waals surface area (Å²) in [6, 6.07) is 0. The van der Waals surface area contributed by atoms with Gasteiger partial charge in [0.2, 0.25) is 0 Å². The number of hydrogen-bond donors (Lipinski definition) is 5. The third kappa shape index (κ3) is 6.05. The molecule has 2 aliphatic heterocycles. The average Bonchev–Trinajstić information content (AvgIpc) is 3.35. The first-order valence-corrected chi connectivity index (χ1v) is 12.6. The molecule has 0 aromatic carbocycles. The number of ether oxygens (including phenoxy) is 2. The maximum Gasteiger partial charge on any atom is 0.351 e. The van der Waals surface area contributed by atoms with Crippen molar-refractivity contribution in [3.05, 3.63) is 40.5 Å². The monoisotopic (exact) mass is 704 g/mol. The van der Waals surface area contributed by atoms with Crippen molar-refractivity contribution in [2.75, 3.05) is 18.1 Å². The molecule has 2 fully saturated rings. The summed E-state index contributed by atoms with van der Waals surface area (Å²) in [6.45, 7) is 1.65. The second-order valence-corrected chi connectivity index (χ2v) is 10.1. The van der Waals surface area contributed by atoms with Crippen LogP contribution in [0.3, 0.4) is 0 Å². The highest BCUT2D eigenvalue weighted by Crippen LogP contribution is 2.30. The number of nitrogen functional groups attached to an aromatic ring is 2. The molecular formula is C19H26I2N6O7. The molecule has 0 aliphatic carbocycles. The second kappa shape index (κ2) is 11.6. The molecule has 0 radical (unpaired) electrons. The lowest BCUT2D eigenvalue weighted by Crippen LogP contribution is -2.28. The fourth-order valence-electron chi connectivity index (χ4n) is 3.63. The third-order valence-electron chi connectivity index (χ3n) is 5.48. The Kier molecular flexibility index (Phi) is 9.26. The highest BCUT2D eigenvalue weighted by Gasteiger charge is 2.35. The molecule has 0 amide bonds. The summed E-state index contributed by atoms with van der Waals surface area (Å²) in [6.07, 6.45) is 1.23. The summed E-state index contributed by atoms with van der Waals surface area (Å²) in [5.74, 6) is 0.390. The van der Waals surface area contributed by atoms with Gasteiger partial charge in [0.25, 0.3) is 0 Å². The number of nitrogens with zero attached hydrogens (tertiary/aromatic N) is 4. The molecule has 4 heterocycles. The van der Waals surface area contributed by atoms with Crippen molar-refractivity contribution in [1.82, 2.24) is 19.1 Å². The van der Waals surface area contributed by atoms with Crippen LogP contribution in [0.2, 0.25) is 0 Å². The van der Waals surface area contributed by atoms with Crippen molar-refractivity contribution in [2.24, 2.45) is 0 Å². The maximum absolute atomic E-state index is 11.7. The van der Waals surface area contributed by atoms with Crippen LogP contribution in [0.1, 0.15) is 38.6 Å². The highest BCUT2D eigenvalue weighted by molar-refractivity contribution is 14.1. The Bertz CT molecular complexity index is 1040. The molecule has 2 aromatic heterocycles. The molecule has 6 atom stereocenters. The van der Waals surface area contributed by atoms with E-state index in [1.807, 2.05) is 52.1 Å². The zero-order valence-corrected chi connectivity index (χ0v) is 22.4. The van der Waals surface area contributed by atoms with Gasteiger partial charge in [0, 0.05) is 25.2 Å². The number of aromatic nitrogens is 4. The maximum atomic E-state index is 11.7. The molecule has 0 saturated carbocycles. The first kappa shape index (κ1) is 27.2. The molecule has 0 bridgehead atoms. The fraction of sp³-hybridized carbons (Fsp3) is 0.579. The lowest BCUT2D eigenvalue weighted by Gasteiger charge is -2.15.